The second kappa shape index (κ2) is 9.13. The molecule has 2 heterocycles. The Morgan fingerprint density at radius 1 is 1.09 bits per heavy atom. The van der Waals surface area contributed by atoms with Gasteiger partial charge in [0, 0.05) is 19.0 Å². The van der Waals surface area contributed by atoms with Gasteiger partial charge < -0.3 is 0 Å². The maximum absolute atomic E-state index is 13.4. The summed E-state index contributed by atoms with van der Waals surface area (Å²) < 4.78 is 67.7. The van der Waals surface area contributed by atoms with Crippen molar-refractivity contribution in [2.75, 3.05) is 29.7 Å². The van der Waals surface area contributed by atoms with E-state index in [2.05, 4.69) is 9.62 Å². The Labute approximate surface area is 193 Å². The van der Waals surface area contributed by atoms with Crippen molar-refractivity contribution < 1.29 is 26.0 Å². The molecule has 0 aliphatic carbocycles. The molecule has 33 heavy (non-hydrogen) atoms. The molecule has 0 bridgehead atoms. The van der Waals surface area contributed by atoms with Gasteiger partial charge in [-0.25, -0.2) is 30.3 Å². The van der Waals surface area contributed by atoms with Crippen LogP contribution in [0.5, 0.6) is 0 Å². The third-order valence-electron chi connectivity index (χ3n) is 6.08. The van der Waals surface area contributed by atoms with Crippen LogP contribution in [0.1, 0.15) is 36.4 Å². The Bertz CT molecular complexity index is 1260. The summed E-state index contributed by atoms with van der Waals surface area (Å²) in [5, 5.41) is 0. The Morgan fingerprint density at radius 3 is 2.36 bits per heavy atom. The molecule has 4 rings (SSSR count). The SMILES string of the molecule is Cc1ccc(N2C(=O)CCS2(=O)=O)cc1S(=O)(=O)NCC(c1ccc(F)cc1)N1CCCC1. The highest BCUT2D eigenvalue weighted by Crippen LogP contribution is 2.30. The summed E-state index contributed by atoms with van der Waals surface area (Å²) >= 11 is 0. The minimum absolute atomic E-state index is 0.0121. The largest absolute Gasteiger partial charge is 0.295 e. The molecular formula is C22H26FN3O5S2. The first-order chi connectivity index (χ1) is 15.6. The third kappa shape index (κ3) is 4.96. The minimum Gasteiger partial charge on any atom is -0.295 e. The Balaban J connectivity index is 1.61. The first-order valence-electron chi connectivity index (χ1n) is 10.7. The average Bonchev–Trinajstić information content (AvgIpc) is 3.38. The quantitative estimate of drug-likeness (QED) is 0.632. The van der Waals surface area contributed by atoms with Crippen LogP contribution in [0.25, 0.3) is 0 Å². The van der Waals surface area contributed by atoms with Crippen molar-refractivity contribution in [3.63, 3.8) is 0 Å². The van der Waals surface area contributed by atoms with E-state index in [1.165, 1.54) is 30.3 Å². The topological polar surface area (TPSA) is 104 Å². The van der Waals surface area contributed by atoms with Gasteiger partial charge in [0.25, 0.3) is 0 Å². The second-order valence-corrected chi connectivity index (χ2v) is 12.0. The number of amides is 1. The molecule has 11 heteroatoms. The predicted octanol–water partition coefficient (Wildman–Crippen LogP) is 2.32. The van der Waals surface area contributed by atoms with Crippen LogP contribution < -0.4 is 9.03 Å². The first-order valence-corrected chi connectivity index (χ1v) is 13.8. The average molecular weight is 496 g/mol. The Morgan fingerprint density at radius 2 is 1.76 bits per heavy atom. The van der Waals surface area contributed by atoms with Crippen LogP contribution >= 0.6 is 0 Å². The monoisotopic (exact) mass is 495 g/mol. The Hall–Kier alpha value is -2.34. The van der Waals surface area contributed by atoms with Gasteiger partial charge in [0.05, 0.1) is 16.3 Å². The standard InChI is InChI=1S/C22H26FN3O5S2/c1-16-4-9-19(26-22(27)10-13-32(26,28)29)14-21(16)33(30,31)24-15-20(25-11-2-3-12-25)17-5-7-18(23)8-6-17/h4-9,14,20,24H,2-3,10-13,15H2,1H3. The second-order valence-electron chi connectivity index (χ2n) is 8.34. The lowest BCUT2D eigenvalue weighted by atomic mass is 10.1. The molecule has 8 nitrogen and oxygen atoms in total. The van der Waals surface area contributed by atoms with E-state index in [0.717, 1.165) is 31.5 Å². The number of aryl methyl sites for hydroxylation is 1. The number of rotatable bonds is 7. The van der Waals surface area contributed by atoms with Crippen LogP contribution in [0.15, 0.2) is 47.4 Å². The van der Waals surface area contributed by atoms with Crippen molar-refractivity contribution in [2.45, 2.75) is 37.1 Å². The van der Waals surface area contributed by atoms with Crippen LogP contribution in [0.3, 0.4) is 0 Å². The molecule has 1 N–H and O–H groups in total. The fourth-order valence-corrected chi connectivity index (χ4v) is 7.09. The molecule has 1 amide bonds. The molecule has 2 fully saturated rings. The molecule has 2 aliphatic heterocycles. The van der Waals surface area contributed by atoms with E-state index in [-0.39, 0.29) is 41.2 Å². The number of carbonyl (C=O) groups is 1. The summed E-state index contributed by atoms with van der Waals surface area (Å²) in [6.45, 7) is 3.30. The number of halogens is 1. The lowest BCUT2D eigenvalue weighted by Gasteiger charge is -2.28. The van der Waals surface area contributed by atoms with Gasteiger partial charge in [0.2, 0.25) is 26.0 Å². The van der Waals surface area contributed by atoms with E-state index in [1.54, 1.807) is 19.1 Å². The van der Waals surface area contributed by atoms with E-state index in [0.29, 0.717) is 9.87 Å². The van der Waals surface area contributed by atoms with Crippen LogP contribution in [-0.4, -0.2) is 53.0 Å². The van der Waals surface area contributed by atoms with E-state index in [9.17, 15) is 26.0 Å². The maximum atomic E-state index is 13.4. The van der Waals surface area contributed by atoms with Gasteiger partial charge in [-0.2, -0.15) is 0 Å². The fourth-order valence-electron chi connectivity index (χ4n) is 4.34. The van der Waals surface area contributed by atoms with Crippen molar-refractivity contribution in [3.8, 4) is 0 Å². The number of likely N-dealkylation sites (tertiary alicyclic amines) is 1. The van der Waals surface area contributed by atoms with Gasteiger partial charge in [-0.05, 0) is 68.2 Å². The van der Waals surface area contributed by atoms with Crippen LogP contribution in [0.4, 0.5) is 10.1 Å². The molecule has 2 aromatic carbocycles. The fraction of sp³-hybridized carbons (Fsp3) is 0.409. The summed E-state index contributed by atoms with van der Waals surface area (Å²) in [6, 6.07) is 9.89. The zero-order valence-electron chi connectivity index (χ0n) is 18.2. The molecule has 0 spiro atoms. The number of nitrogens with zero attached hydrogens (tertiary/aromatic N) is 2. The zero-order chi connectivity index (χ0) is 23.8. The number of benzene rings is 2. The molecule has 0 saturated carbocycles. The van der Waals surface area contributed by atoms with Gasteiger partial charge in [-0.1, -0.05) is 18.2 Å². The third-order valence-corrected chi connectivity index (χ3v) is 9.33. The van der Waals surface area contributed by atoms with Crippen molar-refractivity contribution in [2.24, 2.45) is 0 Å². The molecule has 0 radical (unpaired) electrons. The van der Waals surface area contributed by atoms with Crippen LogP contribution in [-0.2, 0) is 24.8 Å². The molecule has 1 atom stereocenters. The molecule has 0 aromatic heterocycles. The first kappa shape index (κ1) is 23.8. The van der Waals surface area contributed by atoms with Crippen molar-refractivity contribution in [1.29, 1.82) is 0 Å². The Kier molecular flexibility index (Phi) is 6.59. The van der Waals surface area contributed by atoms with Crippen molar-refractivity contribution >= 4 is 31.6 Å². The van der Waals surface area contributed by atoms with Gasteiger partial charge in [0.15, 0.2) is 0 Å². The number of sulfonamides is 2. The van der Waals surface area contributed by atoms with E-state index >= 15 is 0 Å². The van der Waals surface area contributed by atoms with Crippen molar-refractivity contribution in [3.05, 3.63) is 59.4 Å². The number of hydrogen-bond donors (Lipinski definition) is 1. The summed E-state index contributed by atoms with van der Waals surface area (Å²) in [4.78, 5) is 14.2. The normalized spacial score (nSPS) is 19.8. The van der Waals surface area contributed by atoms with Gasteiger partial charge in [0.1, 0.15) is 5.82 Å². The van der Waals surface area contributed by atoms with Gasteiger partial charge in [-0.15, -0.1) is 0 Å². The highest BCUT2D eigenvalue weighted by Gasteiger charge is 2.37. The summed E-state index contributed by atoms with van der Waals surface area (Å²) in [5.74, 6) is -1.24. The summed E-state index contributed by atoms with van der Waals surface area (Å²) in [7, 11) is -7.83. The molecule has 2 saturated heterocycles. The smallest absolute Gasteiger partial charge is 0.242 e. The number of anilines is 1. The number of hydrogen-bond acceptors (Lipinski definition) is 6. The van der Waals surface area contributed by atoms with Crippen LogP contribution in [0.2, 0.25) is 0 Å². The summed E-state index contributed by atoms with van der Waals surface area (Å²) in [6.07, 6.45) is 1.87. The number of carbonyl (C=O) groups excluding carboxylic acids is 1. The van der Waals surface area contributed by atoms with Crippen molar-refractivity contribution in [1.82, 2.24) is 9.62 Å². The summed E-state index contributed by atoms with van der Waals surface area (Å²) in [5.41, 5.74) is 1.24. The van der Waals surface area contributed by atoms with E-state index < -0.39 is 26.0 Å². The highest BCUT2D eigenvalue weighted by atomic mass is 32.2. The predicted molar refractivity (Wildman–Crippen MR) is 122 cm³/mol. The highest BCUT2D eigenvalue weighted by molar-refractivity contribution is 7.94. The van der Waals surface area contributed by atoms with Crippen LogP contribution in [0, 0.1) is 12.7 Å². The molecule has 2 aromatic rings. The molecule has 1 unspecified atom stereocenters. The van der Waals surface area contributed by atoms with Gasteiger partial charge in [-0.3, -0.25) is 9.69 Å². The zero-order valence-corrected chi connectivity index (χ0v) is 19.8. The lowest BCUT2D eigenvalue weighted by molar-refractivity contribution is -0.116. The maximum Gasteiger partial charge on any atom is 0.242 e. The van der Waals surface area contributed by atoms with E-state index in [1.807, 2.05) is 0 Å². The molecule has 2 aliphatic rings. The lowest BCUT2D eigenvalue weighted by Crippen LogP contribution is -2.37. The number of nitrogens with one attached hydrogen (secondary N) is 1. The minimum atomic E-state index is -4.02. The van der Waals surface area contributed by atoms with Gasteiger partial charge >= 0.3 is 0 Å². The molecular weight excluding hydrogens is 469 g/mol. The molecule has 178 valence electrons. The van der Waals surface area contributed by atoms with E-state index in [4.69, 9.17) is 0 Å².